The van der Waals surface area contributed by atoms with Gasteiger partial charge in [-0.05, 0) is 47.9 Å². The van der Waals surface area contributed by atoms with Gasteiger partial charge >= 0.3 is 0 Å². The number of aryl methyl sites for hydroxylation is 1. The summed E-state index contributed by atoms with van der Waals surface area (Å²) in [6.07, 6.45) is 0. The van der Waals surface area contributed by atoms with Gasteiger partial charge in [-0.1, -0.05) is 65.7 Å². The summed E-state index contributed by atoms with van der Waals surface area (Å²) in [5, 5.41) is 1.42. The summed E-state index contributed by atoms with van der Waals surface area (Å²) < 4.78 is 6.00. The van der Waals surface area contributed by atoms with Crippen molar-refractivity contribution >= 4 is 40.1 Å². The van der Waals surface area contributed by atoms with Crippen molar-refractivity contribution < 1.29 is 9.21 Å². The standard InChI is InChI=1S/C25H17Cl2NO3/c1-14-11-20-18(12-19(14)27)23(29)21-22(16-7-9-17(26)10-8-16)28(25(30)24(21)31-20)13-15-5-3-2-4-6-15/h2-12,22H,13H2,1H3. The van der Waals surface area contributed by atoms with E-state index < -0.39 is 6.04 Å². The Kier molecular flexibility index (Phi) is 4.84. The van der Waals surface area contributed by atoms with E-state index in [2.05, 4.69) is 0 Å². The number of fused-ring (bicyclic) bond motifs is 2. The molecule has 0 saturated carbocycles. The lowest BCUT2D eigenvalue weighted by Gasteiger charge is -2.25. The lowest BCUT2D eigenvalue weighted by molar-refractivity contribution is 0.0714. The maximum atomic E-state index is 13.6. The number of hydrogen-bond acceptors (Lipinski definition) is 3. The second kappa shape index (κ2) is 7.56. The van der Waals surface area contributed by atoms with Crippen LogP contribution >= 0.6 is 23.2 Å². The van der Waals surface area contributed by atoms with Crippen LogP contribution in [0.15, 0.2) is 75.9 Å². The first-order chi connectivity index (χ1) is 14.9. The molecule has 4 aromatic rings. The lowest BCUT2D eigenvalue weighted by Crippen LogP contribution is -2.29. The Hall–Kier alpha value is -3.08. The van der Waals surface area contributed by atoms with Gasteiger partial charge in [-0.15, -0.1) is 0 Å². The average molecular weight is 450 g/mol. The molecule has 1 aliphatic heterocycles. The van der Waals surface area contributed by atoms with Crippen LogP contribution in [-0.4, -0.2) is 10.8 Å². The first-order valence-electron chi connectivity index (χ1n) is 9.81. The van der Waals surface area contributed by atoms with Gasteiger partial charge in [-0.3, -0.25) is 9.59 Å². The molecule has 0 radical (unpaired) electrons. The zero-order valence-corrected chi connectivity index (χ0v) is 18.1. The average Bonchev–Trinajstić information content (AvgIpc) is 3.03. The fourth-order valence-electron chi connectivity index (χ4n) is 4.08. The van der Waals surface area contributed by atoms with Gasteiger partial charge in [0.15, 0.2) is 5.43 Å². The van der Waals surface area contributed by atoms with E-state index in [4.69, 9.17) is 27.6 Å². The van der Waals surface area contributed by atoms with E-state index >= 15 is 0 Å². The first kappa shape index (κ1) is 19.9. The number of amides is 1. The monoisotopic (exact) mass is 449 g/mol. The summed E-state index contributed by atoms with van der Waals surface area (Å²) in [4.78, 5) is 28.7. The summed E-state index contributed by atoms with van der Waals surface area (Å²) >= 11 is 12.4. The first-order valence-corrected chi connectivity index (χ1v) is 10.6. The molecule has 2 heterocycles. The van der Waals surface area contributed by atoms with E-state index in [0.717, 1.165) is 16.7 Å². The molecule has 0 aliphatic carbocycles. The van der Waals surface area contributed by atoms with Crippen molar-refractivity contribution in [2.45, 2.75) is 19.5 Å². The van der Waals surface area contributed by atoms with Crippen LogP contribution in [0.5, 0.6) is 0 Å². The minimum absolute atomic E-state index is 0.0788. The minimum atomic E-state index is -0.583. The fraction of sp³-hybridized carbons (Fsp3) is 0.120. The molecular formula is C25H17Cl2NO3. The number of carbonyl (C=O) groups is 1. The van der Waals surface area contributed by atoms with Crippen molar-refractivity contribution in [1.29, 1.82) is 0 Å². The molecule has 31 heavy (non-hydrogen) atoms. The molecule has 0 N–H and O–H groups in total. The molecule has 1 aliphatic rings. The van der Waals surface area contributed by atoms with Gasteiger partial charge in [-0.25, -0.2) is 0 Å². The van der Waals surface area contributed by atoms with Gasteiger partial charge in [0.25, 0.3) is 5.91 Å². The van der Waals surface area contributed by atoms with Gasteiger partial charge in [0, 0.05) is 16.6 Å². The van der Waals surface area contributed by atoms with Crippen LogP contribution in [0.3, 0.4) is 0 Å². The third-order valence-electron chi connectivity index (χ3n) is 5.63. The Morgan fingerprint density at radius 3 is 2.39 bits per heavy atom. The molecule has 1 unspecified atom stereocenters. The van der Waals surface area contributed by atoms with Crippen molar-refractivity contribution in [1.82, 2.24) is 4.90 Å². The molecule has 1 aromatic heterocycles. The van der Waals surface area contributed by atoms with Gasteiger partial charge < -0.3 is 9.32 Å². The lowest BCUT2D eigenvalue weighted by atomic mass is 9.98. The molecule has 1 atom stereocenters. The highest BCUT2D eigenvalue weighted by Gasteiger charge is 2.42. The van der Waals surface area contributed by atoms with Crippen molar-refractivity contribution in [3.63, 3.8) is 0 Å². The van der Waals surface area contributed by atoms with Crippen LogP contribution in [0, 0.1) is 6.92 Å². The van der Waals surface area contributed by atoms with Crippen molar-refractivity contribution in [3.8, 4) is 0 Å². The Morgan fingerprint density at radius 1 is 0.968 bits per heavy atom. The zero-order chi connectivity index (χ0) is 21.7. The maximum absolute atomic E-state index is 13.6. The highest BCUT2D eigenvalue weighted by atomic mass is 35.5. The molecule has 6 heteroatoms. The molecule has 0 spiro atoms. The van der Waals surface area contributed by atoms with Crippen LogP contribution in [0.1, 0.15) is 38.9 Å². The molecule has 154 valence electrons. The van der Waals surface area contributed by atoms with Gasteiger partial charge in [0.1, 0.15) is 5.58 Å². The summed E-state index contributed by atoms with van der Waals surface area (Å²) in [5.41, 5.74) is 2.96. The molecule has 0 saturated heterocycles. The number of benzene rings is 3. The second-order valence-corrected chi connectivity index (χ2v) is 8.49. The van der Waals surface area contributed by atoms with Crippen LogP contribution in [0.25, 0.3) is 11.0 Å². The third kappa shape index (κ3) is 3.32. The number of halogens is 2. The van der Waals surface area contributed by atoms with Crippen molar-refractivity contribution in [2.24, 2.45) is 0 Å². The topological polar surface area (TPSA) is 50.5 Å². The van der Waals surface area contributed by atoms with Crippen molar-refractivity contribution in [3.05, 3.63) is 115 Å². The smallest absolute Gasteiger partial charge is 0.291 e. The normalized spacial score (nSPS) is 15.5. The highest BCUT2D eigenvalue weighted by Crippen LogP contribution is 2.39. The van der Waals surface area contributed by atoms with E-state index in [1.54, 1.807) is 29.2 Å². The van der Waals surface area contributed by atoms with Crippen LogP contribution < -0.4 is 5.43 Å². The Labute approximate surface area is 188 Å². The Balaban J connectivity index is 1.75. The summed E-state index contributed by atoms with van der Waals surface area (Å²) in [7, 11) is 0. The molecule has 5 rings (SSSR count). The van der Waals surface area contributed by atoms with Gasteiger partial charge in [-0.2, -0.15) is 0 Å². The van der Waals surface area contributed by atoms with Crippen LogP contribution in [-0.2, 0) is 6.54 Å². The van der Waals surface area contributed by atoms with E-state index in [0.29, 0.717) is 33.1 Å². The molecular weight excluding hydrogens is 433 g/mol. The SMILES string of the molecule is Cc1cc2oc3c(c(=O)c2cc1Cl)C(c1ccc(Cl)cc1)N(Cc1ccccc1)C3=O. The van der Waals surface area contributed by atoms with Crippen LogP contribution in [0.4, 0.5) is 0 Å². The van der Waals surface area contributed by atoms with E-state index in [9.17, 15) is 9.59 Å². The number of carbonyl (C=O) groups excluding carboxylic acids is 1. The number of nitrogens with zero attached hydrogens (tertiary/aromatic N) is 1. The van der Waals surface area contributed by atoms with Crippen molar-refractivity contribution in [2.75, 3.05) is 0 Å². The number of rotatable bonds is 3. The predicted octanol–water partition coefficient (Wildman–Crippen LogP) is 6.15. The summed E-state index contributed by atoms with van der Waals surface area (Å²) in [5.74, 6) is -0.236. The Bertz CT molecular complexity index is 1380. The molecule has 0 bridgehead atoms. The molecule has 4 nitrogen and oxygen atoms in total. The molecule has 1 amide bonds. The fourth-order valence-corrected chi connectivity index (χ4v) is 4.37. The highest BCUT2D eigenvalue weighted by molar-refractivity contribution is 6.32. The summed E-state index contributed by atoms with van der Waals surface area (Å²) in [6.45, 7) is 2.17. The zero-order valence-electron chi connectivity index (χ0n) is 16.6. The predicted molar refractivity (Wildman–Crippen MR) is 122 cm³/mol. The maximum Gasteiger partial charge on any atom is 0.291 e. The second-order valence-electron chi connectivity index (χ2n) is 7.64. The minimum Gasteiger partial charge on any atom is -0.450 e. The molecule has 3 aromatic carbocycles. The third-order valence-corrected chi connectivity index (χ3v) is 6.29. The summed E-state index contributed by atoms with van der Waals surface area (Å²) in [6, 6.07) is 19.6. The quantitative estimate of drug-likeness (QED) is 0.376. The molecule has 0 fully saturated rings. The van der Waals surface area contributed by atoms with E-state index in [-0.39, 0.29) is 17.1 Å². The van der Waals surface area contributed by atoms with E-state index in [1.165, 1.54) is 0 Å². The van der Waals surface area contributed by atoms with Gasteiger partial charge in [0.2, 0.25) is 5.76 Å². The van der Waals surface area contributed by atoms with Gasteiger partial charge in [0.05, 0.1) is 17.0 Å². The van der Waals surface area contributed by atoms with Crippen LogP contribution in [0.2, 0.25) is 10.0 Å². The largest absolute Gasteiger partial charge is 0.450 e. The number of hydrogen-bond donors (Lipinski definition) is 0. The van der Waals surface area contributed by atoms with E-state index in [1.807, 2.05) is 49.4 Å². The Morgan fingerprint density at radius 2 is 1.68 bits per heavy atom.